The van der Waals surface area contributed by atoms with Gasteiger partial charge in [-0.25, -0.2) is 0 Å². The number of rotatable bonds is 4. The minimum absolute atomic E-state index is 0. The van der Waals surface area contributed by atoms with Gasteiger partial charge in [-0.1, -0.05) is 18.2 Å². The molecule has 2 bridgehead atoms. The van der Waals surface area contributed by atoms with Gasteiger partial charge in [0.05, 0.1) is 0 Å². The van der Waals surface area contributed by atoms with E-state index in [1.165, 1.54) is 31.4 Å². The van der Waals surface area contributed by atoms with Crippen molar-refractivity contribution in [3.63, 3.8) is 0 Å². The predicted octanol–water partition coefficient (Wildman–Crippen LogP) is 3.88. The number of likely N-dealkylation sites (tertiary alicyclic amines) is 1. The average Bonchev–Trinajstić information content (AvgIpc) is 3.00. The van der Waals surface area contributed by atoms with E-state index in [1.54, 1.807) is 0 Å². The van der Waals surface area contributed by atoms with Crippen LogP contribution in [0.15, 0.2) is 30.3 Å². The van der Waals surface area contributed by atoms with Gasteiger partial charge in [0.25, 0.3) is 0 Å². The molecule has 152 valence electrons. The second-order valence-corrected chi connectivity index (χ2v) is 8.24. The average molecular weight is 414 g/mol. The largest absolute Gasteiger partial charge is 0.371 e. The summed E-state index contributed by atoms with van der Waals surface area (Å²) in [5.74, 6) is 1.00. The number of amides is 1. The SMILES string of the molecule is CN(c1ccccc1)C1CCN(C(=O)CC2CC3CCC(C2)N3)CC1.Cl.Cl. The number of hydrogen-bond donors (Lipinski definition) is 1. The molecule has 27 heavy (non-hydrogen) atoms. The molecule has 3 fully saturated rings. The lowest BCUT2D eigenvalue weighted by atomic mass is 9.89. The number of halogens is 2. The zero-order chi connectivity index (χ0) is 17.2. The van der Waals surface area contributed by atoms with Crippen LogP contribution >= 0.6 is 24.8 Å². The van der Waals surface area contributed by atoms with Gasteiger partial charge in [-0.05, 0) is 56.6 Å². The maximum Gasteiger partial charge on any atom is 0.222 e. The number of carbonyl (C=O) groups excluding carboxylic acids is 1. The molecule has 3 saturated heterocycles. The highest BCUT2D eigenvalue weighted by atomic mass is 35.5. The van der Waals surface area contributed by atoms with Crippen LogP contribution in [-0.2, 0) is 4.79 Å². The molecular formula is C21H33Cl2N3O. The molecular weight excluding hydrogens is 381 g/mol. The van der Waals surface area contributed by atoms with Crippen LogP contribution in [0.25, 0.3) is 0 Å². The first-order valence-corrected chi connectivity index (χ1v) is 10.0. The molecule has 0 aliphatic carbocycles. The molecule has 6 heteroatoms. The lowest BCUT2D eigenvalue weighted by Crippen LogP contribution is -2.46. The number of para-hydroxylation sites is 1. The fourth-order valence-electron chi connectivity index (χ4n) is 5.09. The molecule has 3 aliphatic heterocycles. The summed E-state index contributed by atoms with van der Waals surface area (Å²) in [6.45, 7) is 1.83. The number of hydrogen-bond acceptors (Lipinski definition) is 3. The topological polar surface area (TPSA) is 35.6 Å². The molecule has 0 radical (unpaired) electrons. The zero-order valence-corrected chi connectivity index (χ0v) is 17.8. The third-order valence-corrected chi connectivity index (χ3v) is 6.56. The Morgan fingerprint density at radius 2 is 1.63 bits per heavy atom. The van der Waals surface area contributed by atoms with Crippen LogP contribution in [0.4, 0.5) is 5.69 Å². The maximum absolute atomic E-state index is 12.7. The molecule has 2 atom stereocenters. The standard InChI is InChI=1S/C21H31N3O.2ClH/c1-23(19-5-3-2-4-6-19)20-9-11-24(12-10-20)21(25)15-16-13-17-7-8-18(14-16)22-17;;/h2-6,16-18,20,22H,7-15H2,1H3;2*1H. The number of carbonyl (C=O) groups is 1. The fraction of sp³-hybridized carbons (Fsp3) is 0.667. The third kappa shape index (κ3) is 5.30. The Labute approximate surface area is 175 Å². The molecule has 2 unspecified atom stereocenters. The van der Waals surface area contributed by atoms with E-state index in [1.807, 2.05) is 0 Å². The van der Waals surface area contributed by atoms with Crippen molar-refractivity contribution in [2.75, 3.05) is 25.0 Å². The first-order chi connectivity index (χ1) is 12.2. The van der Waals surface area contributed by atoms with Crippen molar-refractivity contribution in [1.82, 2.24) is 10.2 Å². The monoisotopic (exact) mass is 413 g/mol. The van der Waals surface area contributed by atoms with Crippen molar-refractivity contribution < 1.29 is 4.79 Å². The quantitative estimate of drug-likeness (QED) is 0.813. The van der Waals surface area contributed by atoms with Crippen LogP contribution in [-0.4, -0.2) is 49.1 Å². The summed E-state index contributed by atoms with van der Waals surface area (Å²) in [4.78, 5) is 17.2. The minimum atomic E-state index is 0. The fourth-order valence-corrected chi connectivity index (χ4v) is 5.09. The molecule has 4 rings (SSSR count). The Kier molecular flexibility index (Phi) is 8.26. The van der Waals surface area contributed by atoms with Crippen LogP contribution in [0, 0.1) is 5.92 Å². The van der Waals surface area contributed by atoms with Gasteiger partial charge in [0.15, 0.2) is 0 Å². The van der Waals surface area contributed by atoms with E-state index in [0.29, 0.717) is 30.0 Å². The van der Waals surface area contributed by atoms with Gasteiger partial charge in [0.1, 0.15) is 0 Å². The predicted molar refractivity (Wildman–Crippen MR) is 116 cm³/mol. The van der Waals surface area contributed by atoms with E-state index in [0.717, 1.165) is 32.4 Å². The normalized spacial score (nSPS) is 27.4. The molecule has 0 saturated carbocycles. The van der Waals surface area contributed by atoms with Crippen LogP contribution in [0.2, 0.25) is 0 Å². The lowest BCUT2D eigenvalue weighted by molar-refractivity contribution is -0.133. The zero-order valence-electron chi connectivity index (χ0n) is 16.2. The summed E-state index contributed by atoms with van der Waals surface area (Å²) in [5.41, 5.74) is 1.28. The molecule has 1 aromatic rings. The van der Waals surface area contributed by atoms with Crippen molar-refractivity contribution in [2.24, 2.45) is 5.92 Å². The van der Waals surface area contributed by atoms with Crippen molar-refractivity contribution in [3.05, 3.63) is 30.3 Å². The van der Waals surface area contributed by atoms with Gasteiger partial charge >= 0.3 is 0 Å². The maximum atomic E-state index is 12.7. The Morgan fingerprint density at radius 3 is 2.22 bits per heavy atom. The van der Waals surface area contributed by atoms with Crippen LogP contribution in [0.5, 0.6) is 0 Å². The Bertz CT molecular complexity index is 580. The summed E-state index contributed by atoms with van der Waals surface area (Å²) < 4.78 is 0. The van der Waals surface area contributed by atoms with Gasteiger partial charge in [-0.2, -0.15) is 0 Å². The number of anilines is 1. The first-order valence-electron chi connectivity index (χ1n) is 10.0. The second kappa shape index (κ2) is 9.99. The number of piperidine rings is 2. The lowest BCUT2D eigenvalue weighted by Gasteiger charge is -2.38. The highest BCUT2D eigenvalue weighted by molar-refractivity contribution is 5.85. The van der Waals surface area contributed by atoms with Crippen molar-refractivity contribution in [2.45, 2.75) is 63.1 Å². The summed E-state index contributed by atoms with van der Waals surface area (Å²) in [7, 11) is 2.18. The molecule has 3 heterocycles. The Balaban J connectivity index is 0.00000131. The van der Waals surface area contributed by atoms with Gasteiger partial charge in [0.2, 0.25) is 5.91 Å². The van der Waals surface area contributed by atoms with Crippen LogP contribution in [0.1, 0.15) is 44.9 Å². The highest BCUT2D eigenvalue weighted by Crippen LogP contribution is 2.33. The molecule has 4 nitrogen and oxygen atoms in total. The van der Waals surface area contributed by atoms with Gasteiger partial charge in [-0.15, -0.1) is 24.8 Å². The van der Waals surface area contributed by atoms with E-state index in [9.17, 15) is 4.79 Å². The molecule has 1 N–H and O–H groups in total. The third-order valence-electron chi connectivity index (χ3n) is 6.56. The van der Waals surface area contributed by atoms with Crippen molar-refractivity contribution in [3.8, 4) is 0 Å². The summed E-state index contributed by atoms with van der Waals surface area (Å²) in [6, 6.07) is 12.5. The summed E-state index contributed by atoms with van der Waals surface area (Å²) >= 11 is 0. The first kappa shape index (κ1) is 22.3. The van der Waals surface area contributed by atoms with Crippen LogP contribution in [0.3, 0.4) is 0 Å². The van der Waals surface area contributed by atoms with Crippen molar-refractivity contribution in [1.29, 1.82) is 0 Å². The molecule has 1 amide bonds. The Hall–Kier alpha value is -0.970. The van der Waals surface area contributed by atoms with Crippen molar-refractivity contribution >= 4 is 36.4 Å². The minimum Gasteiger partial charge on any atom is -0.371 e. The van der Waals surface area contributed by atoms with Crippen LogP contribution < -0.4 is 10.2 Å². The van der Waals surface area contributed by atoms with E-state index >= 15 is 0 Å². The summed E-state index contributed by atoms with van der Waals surface area (Å²) in [6.07, 6.45) is 7.96. The molecule has 0 spiro atoms. The van der Waals surface area contributed by atoms with E-state index < -0.39 is 0 Å². The number of nitrogens with zero attached hydrogens (tertiary/aromatic N) is 2. The van der Waals surface area contributed by atoms with E-state index in [2.05, 4.69) is 52.5 Å². The Morgan fingerprint density at radius 1 is 1.04 bits per heavy atom. The molecule has 3 aliphatic rings. The van der Waals surface area contributed by atoms with E-state index in [4.69, 9.17) is 0 Å². The number of benzene rings is 1. The van der Waals surface area contributed by atoms with Gasteiger partial charge < -0.3 is 15.1 Å². The second-order valence-electron chi connectivity index (χ2n) is 8.24. The van der Waals surface area contributed by atoms with Gasteiger partial charge in [-0.3, -0.25) is 4.79 Å². The smallest absolute Gasteiger partial charge is 0.222 e. The number of fused-ring (bicyclic) bond motifs is 2. The number of nitrogens with one attached hydrogen (secondary N) is 1. The van der Waals surface area contributed by atoms with Gasteiger partial charge in [0, 0.05) is 50.4 Å². The highest BCUT2D eigenvalue weighted by Gasteiger charge is 2.35. The molecule has 1 aromatic carbocycles. The van der Waals surface area contributed by atoms with E-state index in [-0.39, 0.29) is 24.8 Å². The molecule has 0 aromatic heterocycles. The summed E-state index contributed by atoms with van der Waals surface area (Å²) in [5, 5.41) is 3.68.